The van der Waals surface area contributed by atoms with Crippen molar-refractivity contribution in [1.82, 2.24) is 4.90 Å². The molecule has 20 heavy (non-hydrogen) atoms. The number of nitrogens with zero attached hydrogens (tertiary/aromatic N) is 2. The molecule has 110 valence electrons. The van der Waals surface area contributed by atoms with Gasteiger partial charge in [-0.3, -0.25) is 10.1 Å². The lowest BCUT2D eigenvalue weighted by atomic mass is 10.2. The van der Waals surface area contributed by atoms with Gasteiger partial charge in [0.25, 0.3) is 5.69 Å². The van der Waals surface area contributed by atoms with Gasteiger partial charge in [0.1, 0.15) is 12.4 Å². The molecule has 1 aromatic carbocycles. The van der Waals surface area contributed by atoms with Gasteiger partial charge in [0.2, 0.25) is 0 Å². The van der Waals surface area contributed by atoms with E-state index in [4.69, 9.17) is 15.2 Å². The maximum Gasteiger partial charge on any atom is 0.409 e. The van der Waals surface area contributed by atoms with Crippen LogP contribution in [0.2, 0.25) is 0 Å². The molecule has 1 aromatic rings. The normalized spacial score (nSPS) is 9.95. The first kappa shape index (κ1) is 15.7. The molecule has 0 bridgehead atoms. The van der Waals surface area contributed by atoms with Crippen LogP contribution >= 0.6 is 0 Å². The first-order chi connectivity index (χ1) is 9.49. The fourth-order valence-electron chi connectivity index (χ4n) is 1.50. The van der Waals surface area contributed by atoms with E-state index in [1.165, 1.54) is 30.2 Å². The molecule has 0 unspecified atom stereocenters. The molecular weight excluding hydrogens is 266 g/mol. The lowest BCUT2D eigenvalue weighted by Crippen LogP contribution is -2.32. The van der Waals surface area contributed by atoms with Crippen molar-refractivity contribution in [1.29, 1.82) is 0 Å². The molecule has 0 spiro atoms. The summed E-state index contributed by atoms with van der Waals surface area (Å²) in [5.41, 5.74) is 5.79. The van der Waals surface area contributed by atoms with E-state index in [-0.39, 0.29) is 12.3 Å². The highest BCUT2D eigenvalue weighted by atomic mass is 16.6. The molecule has 0 aliphatic rings. The van der Waals surface area contributed by atoms with E-state index in [9.17, 15) is 14.9 Å². The molecule has 0 atom stereocenters. The predicted molar refractivity (Wildman–Crippen MR) is 71.5 cm³/mol. The zero-order valence-corrected chi connectivity index (χ0v) is 11.4. The van der Waals surface area contributed by atoms with Crippen LogP contribution in [0.4, 0.5) is 10.5 Å². The second kappa shape index (κ2) is 7.29. The standard InChI is InChI=1S/C12H17N3O5/c1-14(6-5-13)12(16)20-8-9-3-4-10(15(17)18)7-11(9)19-2/h3-4,7H,5-6,8,13H2,1-2H3. The topological polar surface area (TPSA) is 108 Å². The third-order valence-electron chi connectivity index (χ3n) is 2.61. The molecule has 0 fully saturated rings. The summed E-state index contributed by atoms with van der Waals surface area (Å²) in [5, 5.41) is 10.7. The van der Waals surface area contributed by atoms with Gasteiger partial charge in [-0.05, 0) is 6.07 Å². The largest absolute Gasteiger partial charge is 0.496 e. The number of ether oxygens (including phenoxy) is 2. The Labute approximate surface area is 116 Å². The zero-order valence-electron chi connectivity index (χ0n) is 11.4. The van der Waals surface area contributed by atoms with Crippen molar-refractivity contribution in [3.8, 4) is 5.75 Å². The number of amides is 1. The Hall–Kier alpha value is -2.35. The highest BCUT2D eigenvalue weighted by Gasteiger charge is 2.14. The summed E-state index contributed by atoms with van der Waals surface area (Å²) < 4.78 is 10.1. The molecule has 0 radical (unpaired) electrons. The third kappa shape index (κ3) is 4.09. The van der Waals surface area contributed by atoms with Crippen molar-refractivity contribution in [2.75, 3.05) is 27.2 Å². The average molecular weight is 283 g/mol. The lowest BCUT2D eigenvalue weighted by Gasteiger charge is -2.16. The van der Waals surface area contributed by atoms with Gasteiger partial charge < -0.3 is 20.1 Å². The summed E-state index contributed by atoms with van der Waals surface area (Å²) in [5.74, 6) is 0.300. The van der Waals surface area contributed by atoms with Gasteiger partial charge in [0.15, 0.2) is 0 Å². The van der Waals surface area contributed by atoms with Crippen LogP contribution in [-0.4, -0.2) is 43.2 Å². The summed E-state index contributed by atoms with van der Waals surface area (Å²) in [6.07, 6.45) is -0.518. The van der Waals surface area contributed by atoms with Gasteiger partial charge in [-0.2, -0.15) is 0 Å². The lowest BCUT2D eigenvalue weighted by molar-refractivity contribution is -0.384. The summed E-state index contributed by atoms with van der Waals surface area (Å²) >= 11 is 0. The van der Waals surface area contributed by atoms with Gasteiger partial charge in [0.05, 0.1) is 18.1 Å². The first-order valence-electron chi connectivity index (χ1n) is 5.88. The molecule has 0 saturated heterocycles. The quantitative estimate of drug-likeness (QED) is 0.619. The highest BCUT2D eigenvalue weighted by molar-refractivity contribution is 5.67. The SMILES string of the molecule is COc1cc([N+](=O)[O-])ccc1COC(=O)N(C)CCN. The average Bonchev–Trinajstić information content (AvgIpc) is 2.44. The van der Waals surface area contributed by atoms with Crippen LogP contribution in [0.15, 0.2) is 18.2 Å². The Balaban J connectivity index is 2.73. The first-order valence-corrected chi connectivity index (χ1v) is 5.88. The second-order valence-electron chi connectivity index (χ2n) is 4.02. The number of non-ortho nitro benzene ring substituents is 1. The molecule has 0 saturated carbocycles. The van der Waals surface area contributed by atoms with Crippen LogP contribution in [0.5, 0.6) is 5.75 Å². The molecular formula is C12H17N3O5. The van der Waals surface area contributed by atoms with Crippen LogP contribution in [0, 0.1) is 10.1 Å². The predicted octanol–water partition coefficient (Wildman–Crippen LogP) is 1.13. The van der Waals surface area contributed by atoms with E-state index in [1.807, 2.05) is 0 Å². The monoisotopic (exact) mass is 283 g/mol. The number of rotatable bonds is 6. The van der Waals surface area contributed by atoms with Crippen molar-refractivity contribution in [3.05, 3.63) is 33.9 Å². The molecule has 1 amide bonds. The summed E-state index contributed by atoms with van der Waals surface area (Å²) in [6, 6.07) is 4.11. The van der Waals surface area contributed by atoms with E-state index in [2.05, 4.69) is 0 Å². The summed E-state index contributed by atoms with van der Waals surface area (Å²) in [4.78, 5) is 23.1. The molecule has 2 N–H and O–H groups in total. The van der Waals surface area contributed by atoms with E-state index < -0.39 is 11.0 Å². The number of benzene rings is 1. The van der Waals surface area contributed by atoms with Crippen molar-refractivity contribution in [2.45, 2.75) is 6.61 Å². The number of nitro groups is 1. The fraction of sp³-hybridized carbons (Fsp3) is 0.417. The number of hydrogen-bond acceptors (Lipinski definition) is 6. The minimum Gasteiger partial charge on any atom is -0.496 e. The smallest absolute Gasteiger partial charge is 0.409 e. The minimum absolute atomic E-state index is 0.0328. The van der Waals surface area contributed by atoms with Gasteiger partial charge in [0, 0.05) is 31.8 Å². The highest BCUT2D eigenvalue weighted by Crippen LogP contribution is 2.25. The van der Waals surface area contributed by atoms with E-state index >= 15 is 0 Å². The molecule has 0 heterocycles. The fourth-order valence-corrected chi connectivity index (χ4v) is 1.50. The van der Waals surface area contributed by atoms with Gasteiger partial charge in [-0.1, -0.05) is 0 Å². The van der Waals surface area contributed by atoms with Gasteiger partial charge >= 0.3 is 6.09 Å². The van der Waals surface area contributed by atoms with E-state index in [1.54, 1.807) is 7.05 Å². The van der Waals surface area contributed by atoms with Gasteiger partial charge in [-0.15, -0.1) is 0 Å². The Morgan fingerprint density at radius 3 is 2.75 bits per heavy atom. The second-order valence-corrected chi connectivity index (χ2v) is 4.02. The number of hydrogen-bond donors (Lipinski definition) is 1. The van der Waals surface area contributed by atoms with E-state index in [0.29, 0.717) is 24.4 Å². The van der Waals surface area contributed by atoms with Crippen molar-refractivity contribution in [3.63, 3.8) is 0 Å². The zero-order chi connectivity index (χ0) is 15.1. The number of carbonyl (C=O) groups is 1. The summed E-state index contributed by atoms with van der Waals surface area (Å²) in [6.45, 7) is 0.692. The summed E-state index contributed by atoms with van der Waals surface area (Å²) in [7, 11) is 2.97. The number of likely N-dealkylation sites (N-methyl/N-ethyl adjacent to an activating group) is 1. The number of carbonyl (C=O) groups excluding carboxylic acids is 1. The Kier molecular flexibility index (Phi) is 5.73. The Morgan fingerprint density at radius 2 is 2.20 bits per heavy atom. The molecule has 8 heteroatoms. The Morgan fingerprint density at radius 1 is 1.50 bits per heavy atom. The molecule has 0 aliphatic heterocycles. The maximum absolute atomic E-state index is 11.6. The van der Waals surface area contributed by atoms with Crippen LogP contribution in [0.25, 0.3) is 0 Å². The third-order valence-corrected chi connectivity index (χ3v) is 2.61. The molecule has 1 rings (SSSR count). The van der Waals surface area contributed by atoms with Crippen molar-refractivity contribution in [2.24, 2.45) is 5.73 Å². The van der Waals surface area contributed by atoms with Crippen molar-refractivity contribution < 1.29 is 19.2 Å². The Bertz CT molecular complexity index is 492. The van der Waals surface area contributed by atoms with E-state index in [0.717, 1.165) is 0 Å². The number of nitrogens with two attached hydrogens (primary N) is 1. The van der Waals surface area contributed by atoms with Crippen LogP contribution < -0.4 is 10.5 Å². The van der Waals surface area contributed by atoms with Crippen LogP contribution in [-0.2, 0) is 11.3 Å². The van der Waals surface area contributed by atoms with Crippen LogP contribution in [0.1, 0.15) is 5.56 Å². The minimum atomic E-state index is -0.521. The molecule has 8 nitrogen and oxygen atoms in total. The maximum atomic E-state index is 11.6. The van der Waals surface area contributed by atoms with Crippen LogP contribution in [0.3, 0.4) is 0 Å². The van der Waals surface area contributed by atoms with Gasteiger partial charge in [-0.25, -0.2) is 4.79 Å². The number of methoxy groups -OCH3 is 1. The van der Waals surface area contributed by atoms with Crippen molar-refractivity contribution >= 4 is 11.8 Å². The number of nitro benzene ring substituents is 1. The molecule has 0 aliphatic carbocycles. The molecule has 0 aromatic heterocycles.